The van der Waals surface area contributed by atoms with Gasteiger partial charge in [0.25, 0.3) is 15.9 Å². The molecule has 0 spiro atoms. The van der Waals surface area contributed by atoms with Crippen molar-refractivity contribution in [3.63, 3.8) is 0 Å². The van der Waals surface area contributed by atoms with Crippen molar-refractivity contribution >= 4 is 27.4 Å². The number of amides is 1. The minimum atomic E-state index is -3.90. The highest BCUT2D eigenvalue weighted by atomic mass is 32.2. The van der Waals surface area contributed by atoms with Crippen LogP contribution in [-0.2, 0) is 17.1 Å². The van der Waals surface area contributed by atoms with E-state index in [4.69, 9.17) is 0 Å². The third-order valence-electron chi connectivity index (χ3n) is 4.43. The number of nitrogens with zero attached hydrogens (tertiary/aromatic N) is 4. The molecule has 0 saturated carbocycles. The summed E-state index contributed by atoms with van der Waals surface area (Å²) < 4.78 is 28.4. The Bertz CT molecular complexity index is 1210. The average molecular weight is 409 g/mol. The Morgan fingerprint density at radius 3 is 2.48 bits per heavy atom. The lowest BCUT2D eigenvalue weighted by Crippen LogP contribution is -2.30. The van der Waals surface area contributed by atoms with Crippen LogP contribution in [-0.4, -0.2) is 31.2 Å². The van der Waals surface area contributed by atoms with Gasteiger partial charge in [0.1, 0.15) is 11.6 Å². The van der Waals surface area contributed by atoms with Gasteiger partial charge in [-0.15, -0.1) is 0 Å². The standard InChI is InChI=1S/C20H19N5O3S/c1-14-8-10-16(11-9-14)29(27,28)25(3)20-17(13-22-24(20)2)19(26)23-18-7-5-4-6-15(18)12-21/h4-11,13H,1-3H3,(H,23,26). The first-order chi connectivity index (χ1) is 13.8. The molecular formula is C20H19N5O3S. The molecule has 0 atom stereocenters. The highest BCUT2D eigenvalue weighted by Gasteiger charge is 2.28. The Labute approximate surface area is 169 Å². The smallest absolute Gasteiger partial charge is 0.265 e. The predicted octanol–water partition coefficient (Wildman–Crippen LogP) is 2.68. The van der Waals surface area contributed by atoms with Crippen LogP contribution in [0.5, 0.6) is 0 Å². The first kappa shape index (κ1) is 20.1. The molecule has 0 aliphatic rings. The van der Waals surface area contributed by atoms with E-state index in [0.29, 0.717) is 11.3 Å². The average Bonchev–Trinajstić information content (AvgIpc) is 3.09. The molecule has 29 heavy (non-hydrogen) atoms. The lowest BCUT2D eigenvalue weighted by Gasteiger charge is -2.21. The molecule has 8 nitrogen and oxygen atoms in total. The van der Waals surface area contributed by atoms with Crippen molar-refractivity contribution in [2.24, 2.45) is 7.05 Å². The number of para-hydroxylation sites is 1. The van der Waals surface area contributed by atoms with E-state index >= 15 is 0 Å². The lowest BCUT2D eigenvalue weighted by atomic mass is 10.2. The van der Waals surface area contributed by atoms with Gasteiger partial charge in [0, 0.05) is 14.1 Å². The van der Waals surface area contributed by atoms with Gasteiger partial charge in [-0.25, -0.2) is 8.42 Å². The van der Waals surface area contributed by atoms with Crippen molar-refractivity contribution < 1.29 is 13.2 Å². The number of aromatic nitrogens is 2. The number of hydrogen-bond donors (Lipinski definition) is 1. The molecule has 0 aliphatic heterocycles. The summed E-state index contributed by atoms with van der Waals surface area (Å²) in [5, 5.41) is 15.9. The number of nitrogens with one attached hydrogen (secondary N) is 1. The van der Waals surface area contributed by atoms with E-state index < -0.39 is 15.9 Å². The fraction of sp³-hybridized carbons (Fsp3) is 0.150. The van der Waals surface area contributed by atoms with E-state index in [-0.39, 0.29) is 16.3 Å². The zero-order valence-electron chi connectivity index (χ0n) is 16.1. The molecule has 1 heterocycles. The third-order valence-corrected chi connectivity index (χ3v) is 6.19. The van der Waals surface area contributed by atoms with Crippen LogP contribution in [0.4, 0.5) is 11.5 Å². The summed E-state index contributed by atoms with van der Waals surface area (Å²) in [6.07, 6.45) is 1.29. The lowest BCUT2D eigenvalue weighted by molar-refractivity contribution is 0.102. The molecule has 1 aromatic heterocycles. The second-order valence-electron chi connectivity index (χ2n) is 6.40. The summed E-state index contributed by atoms with van der Waals surface area (Å²) in [5.74, 6) is -0.459. The van der Waals surface area contributed by atoms with Crippen molar-refractivity contribution in [3.8, 4) is 6.07 Å². The highest BCUT2D eigenvalue weighted by molar-refractivity contribution is 7.92. The van der Waals surface area contributed by atoms with Crippen LogP contribution in [0.2, 0.25) is 0 Å². The number of carbonyl (C=O) groups excluding carboxylic acids is 1. The van der Waals surface area contributed by atoms with Crippen LogP contribution in [0, 0.1) is 18.3 Å². The Balaban J connectivity index is 1.98. The monoisotopic (exact) mass is 409 g/mol. The molecule has 3 rings (SSSR count). The van der Waals surface area contributed by atoms with Crippen LogP contribution >= 0.6 is 0 Å². The zero-order chi connectivity index (χ0) is 21.2. The predicted molar refractivity (Wildman–Crippen MR) is 109 cm³/mol. The minimum absolute atomic E-state index is 0.0680. The summed E-state index contributed by atoms with van der Waals surface area (Å²) in [5.41, 5.74) is 1.63. The quantitative estimate of drug-likeness (QED) is 0.697. The zero-order valence-corrected chi connectivity index (χ0v) is 16.9. The summed E-state index contributed by atoms with van der Waals surface area (Å²) in [7, 11) is -0.983. The number of sulfonamides is 1. The van der Waals surface area contributed by atoms with Gasteiger partial charge in [-0.1, -0.05) is 29.8 Å². The van der Waals surface area contributed by atoms with Crippen LogP contribution in [0.3, 0.4) is 0 Å². The second-order valence-corrected chi connectivity index (χ2v) is 8.37. The van der Waals surface area contributed by atoms with Crippen molar-refractivity contribution in [2.75, 3.05) is 16.7 Å². The molecule has 0 bridgehead atoms. The maximum Gasteiger partial charge on any atom is 0.265 e. The van der Waals surface area contributed by atoms with Gasteiger partial charge >= 0.3 is 0 Å². The third kappa shape index (κ3) is 3.83. The fourth-order valence-electron chi connectivity index (χ4n) is 2.83. The van der Waals surface area contributed by atoms with Crippen molar-refractivity contribution in [3.05, 3.63) is 71.4 Å². The molecule has 0 radical (unpaired) electrons. The van der Waals surface area contributed by atoms with Crippen LogP contribution in [0.1, 0.15) is 21.5 Å². The van der Waals surface area contributed by atoms with E-state index in [1.54, 1.807) is 43.4 Å². The highest BCUT2D eigenvalue weighted by Crippen LogP contribution is 2.26. The largest absolute Gasteiger partial charge is 0.321 e. The van der Waals surface area contributed by atoms with E-state index in [1.807, 2.05) is 13.0 Å². The van der Waals surface area contributed by atoms with E-state index in [2.05, 4.69) is 10.4 Å². The Morgan fingerprint density at radius 1 is 1.17 bits per heavy atom. The Kier molecular flexibility index (Phi) is 5.39. The summed E-state index contributed by atoms with van der Waals surface area (Å²) in [6, 6.07) is 15.0. The number of hydrogen-bond acceptors (Lipinski definition) is 5. The first-order valence-electron chi connectivity index (χ1n) is 8.63. The van der Waals surface area contributed by atoms with Crippen LogP contribution in [0.25, 0.3) is 0 Å². The van der Waals surface area contributed by atoms with Crippen molar-refractivity contribution in [1.29, 1.82) is 5.26 Å². The van der Waals surface area contributed by atoms with Gasteiger partial charge in [-0.3, -0.25) is 13.8 Å². The molecule has 1 amide bonds. The van der Waals surface area contributed by atoms with Gasteiger partial charge in [-0.2, -0.15) is 10.4 Å². The maximum atomic E-state index is 13.0. The fourth-order valence-corrected chi connectivity index (χ4v) is 4.07. The van der Waals surface area contributed by atoms with E-state index in [0.717, 1.165) is 9.87 Å². The number of rotatable bonds is 5. The van der Waals surface area contributed by atoms with Crippen LogP contribution in [0.15, 0.2) is 59.6 Å². The number of benzene rings is 2. The number of anilines is 2. The molecule has 0 unspecified atom stereocenters. The molecule has 0 aliphatic carbocycles. The summed E-state index contributed by atoms with van der Waals surface area (Å²) in [6.45, 7) is 1.86. The van der Waals surface area contributed by atoms with Gasteiger partial charge in [0.15, 0.2) is 5.82 Å². The van der Waals surface area contributed by atoms with Gasteiger partial charge in [0.05, 0.1) is 22.3 Å². The Hall–Kier alpha value is -3.64. The molecule has 9 heteroatoms. The second kappa shape index (κ2) is 7.77. The number of aryl methyl sites for hydroxylation is 2. The van der Waals surface area contributed by atoms with Crippen molar-refractivity contribution in [2.45, 2.75) is 11.8 Å². The normalized spacial score (nSPS) is 11.0. The molecule has 0 fully saturated rings. The molecule has 3 aromatic rings. The topological polar surface area (TPSA) is 108 Å². The number of nitriles is 1. The Morgan fingerprint density at radius 2 is 1.83 bits per heavy atom. The molecule has 0 saturated heterocycles. The molecular weight excluding hydrogens is 390 g/mol. The van der Waals surface area contributed by atoms with E-state index in [9.17, 15) is 18.5 Å². The maximum absolute atomic E-state index is 13.0. The van der Waals surface area contributed by atoms with E-state index in [1.165, 1.54) is 30.1 Å². The number of carbonyl (C=O) groups is 1. The molecule has 148 valence electrons. The molecule has 1 N–H and O–H groups in total. The summed E-state index contributed by atoms with van der Waals surface area (Å²) in [4.78, 5) is 12.9. The van der Waals surface area contributed by atoms with Crippen LogP contribution < -0.4 is 9.62 Å². The minimum Gasteiger partial charge on any atom is -0.321 e. The molecule has 2 aromatic carbocycles. The van der Waals surface area contributed by atoms with Gasteiger partial charge in [-0.05, 0) is 31.2 Å². The van der Waals surface area contributed by atoms with Gasteiger partial charge in [0.2, 0.25) is 0 Å². The SMILES string of the molecule is Cc1ccc(S(=O)(=O)N(C)c2c(C(=O)Nc3ccccc3C#N)cnn2C)cc1. The van der Waals surface area contributed by atoms with Gasteiger partial charge < -0.3 is 5.32 Å². The van der Waals surface area contributed by atoms with Crippen molar-refractivity contribution in [1.82, 2.24) is 9.78 Å². The summed E-state index contributed by atoms with van der Waals surface area (Å²) >= 11 is 0. The first-order valence-corrected chi connectivity index (χ1v) is 10.1.